The van der Waals surface area contributed by atoms with Crippen molar-refractivity contribution >= 4 is 28.3 Å². The lowest BCUT2D eigenvalue weighted by molar-refractivity contribution is -0.119. The van der Waals surface area contributed by atoms with Crippen LogP contribution in [-0.4, -0.2) is 23.4 Å². The van der Waals surface area contributed by atoms with E-state index in [2.05, 4.69) is 15.6 Å². The summed E-state index contributed by atoms with van der Waals surface area (Å²) in [6.07, 6.45) is 7.49. The summed E-state index contributed by atoms with van der Waals surface area (Å²) in [6.45, 7) is 3.97. The number of benzene rings is 1. The van der Waals surface area contributed by atoms with Crippen molar-refractivity contribution in [2.24, 2.45) is 0 Å². The number of amides is 2. The Hall–Kier alpha value is -2.93. The Morgan fingerprint density at radius 3 is 2.96 bits per heavy atom. The van der Waals surface area contributed by atoms with E-state index in [1.807, 2.05) is 36.6 Å². The molecular weight excluding hydrogens is 362 g/mol. The second-order valence-corrected chi connectivity index (χ2v) is 6.91. The van der Waals surface area contributed by atoms with E-state index in [1.54, 1.807) is 12.2 Å². The molecule has 0 fully saturated rings. The Balaban J connectivity index is 1.78. The molecule has 0 saturated heterocycles. The van der Waals surface area contributed by atoms with Gasteiger partial charge in [0.1, 0.15) is 5.75 Å². The van der Waals surface area contributed by atoms with Crippen molar-refractivity contribution in [3.05, 3.63) is 53.4 Å². The molecule has 1 aromatic heterocycles. The maximum Gasteiger partial charge on any atom is 0.250 e. The van der Waals surface area contributed by atoms with Gasteiger partial charge >= 0.3 is 0 Å². The Kier molecular flexibility index (Phi) is 6.03. The number of rotatable bonds is 5. The van der Waals surface area contributed by atoms with Crippen LogP contribution in [-0.2, 0) is 9.59 Å². The number of anilines is 1. The molecule has 6 nitrogen and oxygen atoms in total. The second kappa shape index (κ2) is 8.64. The van der Waals surface area contributed by atoms with Crippen LogP contribution in [0.4, 0.5) is 5.13 Å². The maximum absolute atomic E-state index is 11.8. The van der Waals surface area contributed by atoms with E-state index in [-0.39, 0.29) is 17.9 Å². The zero-order valence-corrected chi connectivity index (χ0v) is 16.0. The molecule has 3 rings (SSSR count). The average molecular weight is 383 g/mol. The van der Waals surface area contributed by atoms with Gasteiger partial charge in [-0.15, -0.1) is 11.3 Å². The van der Waals surface area contributed by atoms with Gasteiger partial charge in [0.2, 0.25) is 11.8 Å². The summed E-state index contributed by atoms with van der Waals surface area (Å²) in [7, 11) is 0. The molecule has 0 bridgehead atoms. The zero-order chi connectivity index (χ0) is 19.2. The third-order valence-electron chi connectivity index (χ3n) is 4.01. The predicted molar refractivity (Wildman–Crippen MR) is 107 cm³/mol. The topological polar surface area (TPSA) is 80.3 Å². The number of carbonyl (C=O) groups excluding carboxylic acids is 2. The summed E-state index contributed by atoms with van der Waals surface area (Å²) in [5.74, 6) is 0.489. The van der Waals surface area contributed by atoms with E-state index < -0.39 is 0 Å². The van der Waals surface area contributed by atoms with E-state index in [9.17, 15) is 9.59 Å². The molecule has 2 amide bonds. The Bertz CT molecular complexity index is 902. The van der Waals surface area contributed by atoms with Crippen LogP contribution < -0.4 is 15.4 Å². The number of hydrogen-bond donors (Lipinski definition) is 2. The van der Waals surface area contributed by atoms with Crippen molar-refractivity contribution in [2.45, 2.75) is 26.3 Å². The van der Waals surface area contributed by atoms with E-state index in [4.69, 9.17) is 4.74 Å². The Morgan fingerprint density at radius 1 is 1.33 bits per heavy atom. The van der Waals surface area contributed by atoms with Gasteiger partial charge in [-0.2, -0.15) is 0 Å². The molecule has 2 aromatic rings. The standard InChI is InChI=1S/C20H21N3O3S/c1-3-4-5-6-19(25)23-20-22-17(12-27-20)14-7-8-18-15(11-14)16(9-10-26-18)21-13(2)24/h3-8,11-12,16H,9-10H2,1-2H3,(H,21,24)(H,22,23,25)/b4-3+,6-5+. The van der Waals surface area contributed by atoms with Crippen molar-refractivity contribution in [3.63, 3.8) is 0 Å². The van der Waals surface area contributed by atoms with E-state index in [1.165, 1.54) is 24.3 Å². The summed E-state index contributed by atoms with van der Waals surface area (Å²) < 4.78 is 5.69. The molecule has 1 aromatic carbocycles. The fraction of sp³-hybridized carbons (Fsp3) is 0.250. The first kappa shape index (κ1) is 18.8. The minimum atomic E-state index is -0.224. The van der Waals surface area contributed by atoms with Gasteiger partial charge < -0.3 is 10.1 Å². The van der Waals surface area contributed by atoms with Gasteiger partial charge in [-0.05, 0) is 25.1 Å². The van der Waals surface area contributed by atoms with Crippen LogP contribution in [0.1, 0.15) is 31.9 Å². The monoisotopic (exact) mass is 383 g/mol. The molecule has 2 N–H and O–H groups in total. The predicted octanol–water partition coefficient (Wildman–Crippen LogP) is 3.84. The highest BCUT2D eigenvalue weighted by molar-refractivity contribution is 7.14. The quantitative estimate of drug-likeness (QED) is 0.607. The molecule has 0 radical (unpaired) electrons. The first-order chi connectivity index (χ1) is 13.1. The first-order valence-electron chi connectivity index (χ1n) is 8.67. The Labute approximate surface area is 162 Å². The van der Waals surface area contributed by atoms with Crippen molar-refractivity contribution in [3.8, 4) is 17.0 Å². The third kappa shape index (κ3) is 4.83. The number of nitrogens with zero attached hydrogens (tertiary/aromatic N) is 1. The van der Waals surface area contributed by atoms with Crippen LogP contribution in [0.5, 0.6) is 5.75 Å². The molecule has 27 heavy (non-hydrogen) atoms. The molecule has 2 heterocycles. The van der Waals surface area contributed by atoms with Gasteiger partial charge in [0, 0.05) is 35.9 Å². The maximum atomic E-state index is 11.8. The largest absolute Gasteiger partial charge is 0.493 e. The lowest BCUT2D eigenvalue weighted by atomic mass is 9.97. The van der Waals surface area contributed by atoms with Crippen molar-refractivity contribution in [2.75, 3.05) is 11.9 Å². The van der Waals surface area contributed by atoms with Gasteiger partial charge in [-0.3, -0.25) is 14.9 Å². The highest BCUT2D eigenvalue weighted by Gasteiger charge is 2.23. The minimum absolute atomic E-state index is 0.0668. The summed E-state index contributed by atoms with van der Waals surface area (Å²) in [4.78, 5) is 27.8. The number of carbonyl (C=O) groups is 2. The molecule has 0 spiro atoms. The summed E-state index contributed by atoms with van der Waals surface area (Å²) in [6, 6.07) is 5.75. The van der Waals surface area contributed by atoms with Crippen LogP contribution in [0.25, 0.3) is 11.3 Å². The molecule has 0 aliphatic carbocycles. The van der Waals surface area contributed by atoms with E-state index in [0.29, 0.717) is 11.7 Å². The first-order valence-corrected chi connectivity index (χ1v) is 9.55. The number of thiazole rings is 1. The molecule has 7 heteroatoms. The van der Waals surface area contributed by atoms with E-state index >= 15 is 0 Å². The molecule has 0 saturated carbocycles. The molecule has 140 valence electrons. The molecule has 1 aliphatic rings. The number of ether oxygens (including phenoxy) is 1. The van der Waals surface area contributed by atoms with Crippen LogP contribution in [0.3, 0.4) is 0 Å². The highest BCUT2D eigenvalue weighted by atomic mass is 32.1. The number of nitrogens with one attached hydrogen (secondary N) is 2. The second-order valence-electron chi connectivity index (χ2n) is 6.05. The number of aromatic nitrogens is 1. The number of hydrogen-bond acceptors (Lipinski definition) is 5. The van der Waals surface area contributed by atoms with Gasteiger partial charge in [0.05, 0.1) is 18.3 Å². The van der Waals surface area contributed by atoms with Crippen LogP contribution in [0.2, 0.25) is 0 Å². The minimum Gasteiger partial charge on any atom is -0.493 e. The molecule has 1 unspecified atom stereocenters. The smallest absolute Gasteiger partial charge is 0.250 e. The summed E-state index contributed by atoms with van der Waals surface area (Å²) in [5.41, 5.74) is 2.63. The molecule has 1 atom stereocenters. The fourth-order valence-electron chi connectivity index (χ4n) is 2.81. The van der Waals surface area contributed by atoms with Gasteiger partial charge in [-0.25, -0.2) is 4.98 Å². The van der Waals surface area contributed by atoms with Gasteiger partial charge in [0.15, 0.2) is 5.13 Å². The number of fused-ring (bicyclic) bond motifs is 1. The van der Waals surface area contributed by atoms with Gasteiger partial charge in [-0.1, -0.05) is 18.2 Å². The fourth-order valence-corrected chi connectivity index (χ4v) is 3.54. The third-order valence-corrected chi connectivity index (χ3v) is 4.77. The highest BCUT2D eigenvalue weighted by Crippen LogP contribution is 2.36. The van der Waals surface area contributed by atoms with Crippen LogP contribution in [0.15, 0.2) is 47.9 Å². The molecule has 1 aliphatic heterocycles. The SMILES string of the molecule is C/C=C/C=C/C(=O)Nc1nc(-c2ccc3c(c2)C(NC(C)=O)CCO3)cs1. The van der Waals surface area contributed by atoms with Crippen molar-refractivity contribution < 1.29 is 14.3 Å². The van der Waals surface area contributed by atoms with Gasteiger partial charge in [0.25, 0.3) is 0 Å². The summed E-state index contributed by atoms with van der Waals surface area (Å²) >= 11 is 1.36. The average Bonchev–Trinajstić information content (AvgIpc) is 3.10. The number of allylic oxidation sites excluding steroid dienone is 3. The Morgan fingerprint density at radius 2 is 2.19 bits per heavy atom. The van der Waals surface area contributed by atoms with Crippen LogP contribution >= 0.6 is 11.3 Å². The molecular formula is C20H21N3O3S. The zero-order valence-electron chi connectivity index (χ0n) is 15.2. The van der Waals surface area contributed by atoms with Crippen molar-refractivity contribution in [1.82, 2.24) is 10.3 Å². The van der Waals surface area contributed by atoms with Crippen molar-refractivity contribution in [1.29, 1.82) is 0 Å². The van der Waals surface area contributed by atoms with Crippen LogP contribution in [0, 0.1) is 0 Å². The lowest BCUT2D eigenvalue weighted by Crippen LogP contribution is -2.30. The van der Waals surface area contributed by atoms with E-state index in [0.717, 1.165) is 29.0 Å². The lowest BCUT2D eigenvalue weighted by Gasteiger charge is -2.26. The normalized spacial score (nSPS) is 16.1. The summed E-state index contributed by atoms with van der Waals surface area (Å²) in [5, 5.41) is 8.15.